The van der Waals surface area contributed by atoms with Crippen LogP contribution in [0.4, 0.5) is 0 Å². The first kappa shape index (κ1) is 12.1. The number of nitrogens with one attached hydrogen (secondary N) is 1. The van der Waals surface area contributed by atoms with E-state index in [-0.39, 0.29) is 0 Å². The molecule has 1 aromatic heterocycles. The predicted molar refractivity (Wildman–Crippen MR) is 68.5 cm³/mol. The lowest BCUT2D eigenvalue weighted by Gasteiger charge is -2.22. The van der Waals surface area contributed by atoms with Crippen LogP contribution in [-0.4, -0.2) is 24.1 Å². The molecule has 0 unspecified atom stereocenters. The molecule has 0 radical (unpaired) electrons. The van der Waals surface area contributed by atoms with Crippen molar-refractivity contribution in [2.24, 2.45) is 0 Å². The summed E-state index contributed by atoms with van der Waals surface area (Å²) in [5.41, 5.74) is 1.45. The molecular formula is C11H19NS2. The molecule has 0 saturated carbocycles. The van der Waals surface area contributed by atoms with E-state index < -0.39 is 0 Å². The quantitative estimate of drug-likeness (QED) is 0.753. The second kappa shape index (κ2) is 5.79. The molecule has 1 aromatic rings. The van der Waals surface area contributed by atoms with Crippen molar-refractivity contribution >= 4 is 23.1 Å². The fraction of sp³-hybridized carbons (Fsp3) is 0.636. The van der Waals surface area contributed by atoms with E-state index in [2.05, 4.69) is 42.2 Å². The zero-order valence-electron chi connectivity index (χ0n) is 9.17. The van der Waals surface area contributed by atoms with Crippen molar-refractivity contribution in [3.05, 3.63) is 22.4 Å². The summed E-state index contributed by atoms with van der Waals surface area (Å²) >= 11 is 3.69. The number of rotatable bonds is 6. The van der Waals surface area contributed by atoms with Crippen LogP contribution in [0.25, 0.3) is 0 Å². The zero-order valence-corrected chi connectivity index (χ0v) is 10.8. The summed E-state index contributed by atoms with van der Waals surface area (Å²) in [6, 6.07) is 2.20. The van der Waals surface area contributed by atoms with Gasteiger partial charge in [-0.15, -0.1) is 0 Å². The number of thiophene rings is 1. The normalized spacial score (nSPS) is 11.9. The molecule has 0 bridgehead atoms. The monoisotopic (exact) mass is 229 g/mol. The third kappa shape index (κ3) is 4.49. The summed E-state index contributed by atoms with van der Waals surface area (Å²) in [5, 5.41) is 7.86. The molecule has 80 valence electrons. The summed E-state index contributed by atoms with van der Waals surface area (Å²) < 4.78 is 0.356. The molecule has 0 spiro atoms. The van der Waals surface area contributed by atoms with Gasteiger partial charge in [-0.25, -0.2) is 0 Å². The molecule has 0 fully saturated rings. The highest BCUT2D eigenvalue weighted by Crippen LogP contribution is 2.19. The molecule has 0 aliphatic heterocycles. The summed E-state index contributed by atoms with van der Waals surface area (Å²) in [4.78, 5) is 0. The van der Waals surface area contributed by atoms with Crippen molar-refractivity contribution in [2.75, 3.05) is 19.3 Å². The molecule has 0 aliphatic rings. The SMILES string of the molecule is CSC(C)(C)CNCCc1ccsc1. The maximum atomic E-state index is 3.50. The van der Waals surface area contributed by atoms with E-state index in [0.29, 0.717) is 4.75 Å². The Morgan fingerprint density at radius 1 is 1.50 bits per heavy atom. The number of thioether (sulfide) groups is 1. The highest BCUT2D eigenvalue weighted by atomic mass is 32.2. The molecule has 0 aromatic carbocycles. The topological polar surface area (TPSA) is 12.0 Å². The lowest BCUT2D eigenvalue weighted by molar-refractivity contribution is 0.592. The predicted octanol–water partition coefficient (Wildman–Crippen LogP) is 3.02. The van der Waals surface area contributed by atoms with Gasteiger partial charge in [0.25, 0.3) is 0 Å². The Balaban J connectivity index is 2.11. The van der Waals surface area contributed by atoms with Crippen molar-refractivity contribution in [1.29, 1.82) is 0 Å². The largest absolute Gasteiger partial charge is 0.315 e. The van der Waals surface area contributed by atoms with Gasteiger partial charge in [0.2, 0.25) is 0 Å². The zero-order chi connectivity index (χ0) is 10.4. The fourth-order valence-corrected chi connectivity index (χ4v) is 2.08. The lowest BCUT2D eigenvalue weighted by atomic mass is 10.2. The third-order valence-electron chi connectivity index (χ3n) is 2.27. The van der Waals surface area contributed by atoms with E-state index >= 15 is 0 Å². The van der Waals surface area contributed by atoms with Crippen LogP contribution in [0.15, 0.2) is 16.8 Å². The minimum Gasteiger partial charge on any atom is -0.315 e. The molecule has 1 N–H and O–H groups in total. The highest BCUT2D eigenvalue weighted by Gasteiger charge is 2.14. The van der Waals surface area contributed by atoms with Crippen molar-refractivity contribution < 1.29 is 0 Å². The Bertz CT molecular complexity index is 242. The van der Waals surface area contributed by atoms with Crippen LogP contribution in [0.1, 0.15) is 19.4 Å². The number of hydrogen-bond donors (Lipinski definition) is 1. The molecule has 14 heavy (non-hydrogen) atoms. The van der Waals surface area contributed by atoms with E-state index in [4.69, 9.17) is 0 Å². The van der Waals surface area contributed by atoms with E-state index in [1.54, 1.807) is 11.3 Å². The van der Waals surface area contributed by atoms with Crippen LogP contribution < -0.4 is 5.32 Å². The van der Waals surface area contributed by atoms with Crippen LogP contribution in [0.5, 0.6) is 0 Å². The van der Waals surface area contributed by atoms with Gasteiger partial charge in [-0.05, 0) is 55.5 Å². The first-order chi connectivity index (χ1) is 6.64. The molecule has 1 nitrogen and oxygen atoms in total. The van der Waals surface area contributed by atoms with Gasteiger partial charge in [0, 0.05) is 11.3 Å². The van der Waals surface area contributed by atoms with Gasteiger partial charge in [0.15, 0.2) is 0 Å². The lowest BCUT2D eigenvalue weighted by Crippen LogP contribution is -2.33. The van der Waals surface area contributed by atoms with Gasteiger partial charge in [-0.1, -0.05) is 0 Å². The first-order valence-corrected chi connectivity index (χ1v) is 7.08. The Morgan fingerprint density at radius 3 is 2.86 bits per heavy atom. The Labute approximate surface area is 95.3 Å². The fourth-order valence-electron chi connectivity index (χ4n) is 1.13. The van der Waals surface area contributed by atoms with Crippen LogP contribution >= 0.6 is 23.1 Å². The van der Waals surface area contributed by atoms with Crippen LogP contribution in [0.3, 0.4) is 0 Å². The van der Waals surface area contributed by atoms with Gasteiger partial charge in [0.05, 0.1) is 0 Å². The summed E-state index contributed by atoms with van der Waals surface area (Å²) in [6.45, 7) is 6.71. The van der Waals surface area contributed by atoms with Crippen LogP contribution in [0, 0.1) is 0 Å². The van der Waals surface area contributed by atoms with Crippen molar-refractivity contribution in [1.82, 2.24) is 5.32 Å². The third-order valence-corrected chi connectivity index (χ3v) is 4.26. The maximum Gasteiger partial charge on any atom is 0.0225 e. The maximum absolute atomic E-state index is 3.50. The van der Waals surface area contributed by atoms with E-state index in [1.165, 1.54) is 5.56 Å². The molecule has 3 heteroatoms. The molecule has 0 atom stereocenters. The summed E-state index contributed by atoms with van der Waals surface area (Å²) in [5.74, 6) is 0. The molecule has 0 amide bonds. The smallest absolute Gasteiger partial charge is 0.0225 e. The second-order valence-corrected chi connectivity index (χ2v) is 6.32. The average molecular weight is 229 g/mol. The Hall–Kier alpha value is 0.01000. The first-order valence-electron chi connectivity index (χ1n) is 4.91. The van der Waals surface area contributed by atoms with Gasteiger partial charge >= 0.3 is 0 Å². The van der Waals surface area contributed by atoms with Crippen molar-refractivity contribution in [3.8, 4) is 0 Å². The molecule has 1 heterocycles. The van der Waals surface area contributed by atoms with Gasteiger partial charge in [0.1, 0.15) is 0 Å². The van der Waals surface area contributed by atoms with Gasteiger partial charge < -0.3 is 5.32 Å². The average Bonchev–Trinajstić information content (AvgIpc) is 2.65. The van der Waals surface area contributed by atoms with Crippen molar-refractivity contribution in [3.63, 3.8) is 0 Å². The Kier molecular flexibility index (Phi) is 4.99. The van der Waals surface area contributed by atoms with Crippen LogP contribution in [-0.2, 0) is 6.42 Å². The molecule has 0 saturated heterocycles. The molecular weight excluding hydrogens is 210 g/mol. The molecule has 0 aliphatic carbocycles. The van der Waals surface area contributed by atoms with Crippen molar-refractivity contribution in [2.45, 2.75) is 25.0 Å². The van der Waals surface area contributed by atoms with E-state index in [1.807, 2.05) is 11.8 Å². The van der Waals surface area contributed by atoms with E-state index in [0.717, 1.165) is 19.5 Å². The Morgan fingerprint density at radius 2 is 2.29 bits per heavy atom. The van der Waals surface area contributed by atoms with Gasteiger partial charge in [-0.2, -0.15) is 23.1 Å². The number of hydrogen-bond acceptors (Lipinski definition) is 3. The second-order valence-electron chi connectivity index (χ2n) is 4.02. The highest BCUT2D eigenvalue weighted by molar-refractivity contribution is 7.99. The summed E-state index contributed by atoms with van der Waals surface area (Å²) in [7, 11) is 0. The molecule has 1 rings (SSSR count). The minimum atomic E-state index is 0.356. The van der Waals surface area contributed by atoms with Crippen LogP contribution in [0.2, 0.25) is 0 Å². The summed E-state index contributed by atoms with van der Waals surface area (Å²) in [6.07, 6.45) is 3.31. The van der Waals surface area contributed by atoms with Gasteiger partial charge in [-0.3, -0.25) is 0 Å². The standard InChI is InChI=1S/C11H19NS2/c1-11(2,13-3)9-12-6-4-10-5-7-14-8-10/h5,7-8,12H,4,6,9H2,1-3H3. The minimum absolute atomic E-state index is 0.356. The van der Waals surface area contributed by atoms with E-state index in [9.17, 15) is 0 Å².